The Kier molecular flexibility index (Phi) is 7.04. The first-order valence-electron chi connectivity index (χ1n) is 6.83. The Morgan fingerprint density at radius 3 is 2.52 bits per heavy atom. The largest absolute Gasteiger partial charge is 0.479 e. The number of carboxylic acid groups (broad SMARTS) is 1. The van der Waals surface area contributed by atoms with Gasteiger partial charge in [0.25, 0.3) is 0 Å². The molecule has 7 heteroatoms. The molecule has 21 heavy (non-hydrogen) atoms. The van der Waals surface area contributed by atoms with Crippen LogP contribution in [0, 0.1) is 0 Å². The Balaban J connectivity index is 2.61. The van der Waals surface area contributed by atoms with Gasteiger partial charge < -0.3 is 15.7 Å². The van der Waals surface area contributed by atoms with E-state index in [1.807, 2.05) is 6.26 Å². The number of aliphatic carboxylic acids is 1. The van der Waals surface area contributed by atoms with E-state index in [9.17, 15) is 14.7 Å². The maximum atomic E-state index is 12.0. The van der Waals surface area contributed by atoms with Crippen LogP contribution in [0.15, 0.2) is 17.5 Å². The zero-order valence-electron chi connectivity index (χ0n) is 12.5. The van der Waals surface area contributed by atoms with Gasteiger partial charge in [-0.05, 0) is 30.5 Å². The molecule has 1 heterocycles. The molecule has 1 aromatic heterocycles. The zero-order chi connectivity index (χ0) is 15.9. The fraction of sp³-hybridized carbons (Fsp3) is 0.571. The molecule has 118 valence electrons. The van der Waals surface area contributed by atoms with Crippen molar-refractivity contribution in [3.05, 3.63) is 22.4 Å². The molecule has 0 saturated carbocycles. The lowest BCUT2D eigenvalue weighted by Crippen LogP contribution is -2.46. The van der Waals surface area contributed by atoms with E-state index in [0.717, 1.165) is 12.8 Å². The number of carbonyl (C=O) groups is 2. The summed E-state index contributed by atoms with van der Waals surface area (Å²) in [5.74, 6) is -1.06. The Morgan fingerprint density at radius 2 is 2.10 bits per heavy atom. The van der Waals surface area contributed by atoms with Crippen molar-refractivity contribution in [3.63, 3.8) is 0 Å². The van der Waals surface area contributed by atoms with Gasteiger partial charge in [0.15, 0.2) is 6.04 Å². The van der Waals surface area contributed by atoms with E-state index in [1.165, 1.54) is 11.3 Å². The molecule has 0 saturated heterocycles. The van der Waals surface area contributed by atoms with E-state index < -0.39 is 18.0 Å². The zero-order valence-corrected chi connectivity index (χ0v) is 14.1. The van der Waals surface area contributed by atoms with Crippen LogP contribution in [0.4, 0.5) is 4.79 Å². The number of amides is 2. The normalized spacial score (nSPS) is 12.7. The van der Waals surface area contributed by atoms with E-state index in [4.69, 9.17) is 0 Å². The number of rotatable bonds is 8. The van der Waals surface area contributed by atoms with Gasteiger partial charge in [0, 0.05) is 16.2 Å². The van der Waals surface area contributed by atoms with Gasteiger partial charge in [0.2, 0.25) is 0 Å². The molecule has 1 aromatic rings. The van der Waals surface area contributed by atoms with Gasteiger partial charge in [-0.2, -0.15) is 11.8 Å². The fourth-order valence-electron chi connectivity index (χ4n) is 1.99. The quantitative estimate of drug-likeness (QED) is 0.684. The predicted molar refractivity (Wildman–Crippen MR) is 88.1 cm³/mol. The van der Waals surface area contributed by atoms with Crippen molar-refractivity contribution in [2.24, 2.45) is 0 Å². The number of carboxylic acids is 1. The average Bonchev–Trinajstić information content (AvgIpc) is 3.00. The minimum absolute atomic E-state index is 0.001000. The van der Waals surface area contributed by atoms with Crippen LogP contribution in [0.2, 0.25) is 0 Å². The molecule has 0 fully saturated rings. The van der Waals surface area contributed by atoms with Gasteiger partial charge in [0.1, 0.15) is 0 Å². The van der Waals surface area contributed by atoms with Crippen LogP contribution < -0.4 is 10.6 Å². The highest BCUT2D eigenvalue weighted by Crippen LogP contribution is 2.29. The van der Waals surface area contributed by atoms with Gasteiger partial charge in [-0.25, -0.2) is 9.59 Å². The van der Waals surface area contributed by atoms with E-state index in [0.29, 0.717) is 11.4 Å². The predicted octanol–water partition coefficient (Wildman–Crippen LogP) is 3.09. The SMILES string of the molecule is CCC(CC)(CNC(=O)NC(C(=O)O)c1cccs1)SC. The summed E-state index contributed by atoms with van der Waals surface area (Å²) in [7, 11) is 0. The monoisotopic (exact) mass is 330 g/mol. The van der Waals surface area contributed by atoms with Gasteiger partial charge in [-0.3, -0.25) is 0 Å². The average molecular weight is 330 g/mol. The van der Waals surface area contributed by atoms with E-state index >= 15 is 0 Å². The van der Waals surface area contributed by atoms with Crippen LogP contribution in [0.3, 0.4) is 0 Å². The van der Waals surface area contributed by atoms with Gasteiger partial charge in [-0.1, -0.05) is 19.9 Å². The van der Waals surface area contributed by atoms with Crippen molar-refractivity contribution in [1.82, 2.24) is 10.6 Å². The lowest BCUT2D eigenvalue weighted by atomic mass is 10.0. The highest BCUT2D eigenvalue weighted by molar-refractivity contribution is 8.00. The lowest BCUT2D eigenvalue weighted by molar-refractivity contribution is -0.139. The van der Waals surface area contributed by atoms with Gasteiger partial charge >= 0.3 is 12.0 Å². The summed E-state index contributed by atoms with van der Waals surface area (Å²) in [6, 6.07) is 2.02. The number of carbonyl (C=O) groups excluding carboxylic acids is 1. The number of thioether (sulfide) groups is 1. The molecule has 0 aliphatic carbocycles. The van der Waals surface area contributed by atoms with Crippen molar-refractivity contribution in [1.29, 1.82) is 0 Å². The van der Waals surface area contributed by atoms with Gasteiger partial charge in [-0.15, -0.1) is 11.3 Å². The molecule has 0 aliphatic rings. The third kappa shape index (κ3) is 4.93. The van der Waals surface area contributed by atoms with Crippen LogP contribution in [-0.4, -0.2) is 34.7 Å². The standard InChI is InChI=1S/C14H22N2O3S2/c1-4-14(5-2,20-3)9-15-13(19)16-11(12(17)18)10-7-6-8-21-10/h6-8,11H,4-5,9H2,1-3H3,(H,17,18)(H2,15,16,19). The summed E-state index contributed by atoms with van der Waals surface area (Å²) in [6.07, 6.45) is 3.91. The Bertz CT molecular complexity index is 451. The van der Waals surface area contributed by atoms with Gasteiger partial charge in [0.05, 0.1) is 0 Å². The molecule has 1 unspecified atom stereocenters. The van der Waals surface area contributed by atoms with Crippen LogP contribution in [0.1, 0.15) is 37.6 Å². The third-order valence-electron chi connectivity index (χ3n) is 3.64. The van der Waals surface area contributed by atoms with Crippen LogP contribution >= 0.6 is 23.1 Å². The smallest absolute Gasteiger partial charge is 0.331 e. The van der Waals surface area contributed by atoms with Crippen molar-refractivity contribution in [3.8, 4) is 0 Å². The molecule has 0 bridgehead atoms. The molecule has 0 aromatic carbocycles. The van der Waals surface area contributed by atoms with Crippen molar-refractivity contribution in [2.45, 2.75) is 37.5 Å². The number of thiophene rings is 1. The molecule has 1 rings (SSSR count). The first-order valence-corrected chi connectivity index (χ1v) is 8.94. The third-order valence-corrected chi connectivity index (χ3v) is 6.17. The Labute approximate surface area is 133 Å². The molecule has 5 nitrogen and oxygen atoms in total. The topological polar surface area (TPSA) is 78.4 Å². The van der Waals surface area contributed by atoms with Crippen molar-refractivity contribution < 1.29 is 14.7 Å². The summed E-state index contributed by atoms with van der Waals surface area (Å²) in [6.45, 7) is 4.69. The van der Waals surface area contributed by atoms with Crippen LogP contribution in [0.5, 0.6) is 0 Å². The van der Waals surface area contributed by atoms with E-state index in [2.05, 4.69) is 24.5 Å². The summed E-state index contributed by atoms with van der Waals surface area (Å²) in [5.41, 5.74) is 0. The molecular formula is C14H22N2O3S2. The number of hydrogen-bond acceptors (Lipinski definition) is 4. The summed E-state index contributed by atoms with van der Waals surface area (Å²) in [4.78, 5) is 23.8. The molecule has 0 aliphatic heterocycles. The minimum Gasteiger partial charge on any atom is -0.479 e. The minimum atomic E-state index is -1.06. The second-order valence-corrected chi connectivity index (χ2v) is 6.96. The molecule has 0 radical (unpaired) electrons. The number of hydrogen-bond donors (Lipinski definition) is 3. The molecule has 2 amide bonds. The first-order chi connectivity index (χ1) is 9.98. The number of nitrogens with one attached hydrogen (secondary N) is 2. The van der Waals surface area contributed by atoms with Crippen LogP contribution in [-0.2, 0) is 4.79 Å². The maximum Gasteiger partial charge on any atom is 0.331 e. The Hall–Kier alpha value is -1.21. The van der Waals surface area contributed by atoms with Crippen molar-refractivity contribution >= 4 is 35.1 Å². The second-order valence-electron chi connectivity index (χ2n) is 4.71. The highest BCUT2D eigenvalue weighted by atomic mass is 32.2. The second kappa shape index (κ2) is 8.29. The fourth-order valence-corrected chi connectivity index (χ4v) is 3.56. The maximum absolute atomic E-state index is 12.0. The number of urea groups is 1. The molecule has 3 N–H and O–H groups in total. The summed E-state index contributed by atoms with van der Waals surface area (Å²) >= 11 is 3.04. The van der Waals surface area contributed by atoms with Crippen molar-refractivity contribution in [2.75, 3.05) is 12.8 Å². The molecule has 0 spiro atoms. The summed E-state index contributed by atoms with van der Waals surface area (Å²) in [5, 5.41) is 16.3. The molecular weight excluding hydrogens is 308 g/mol. The summed E-state index contributed by atoms with van der Waals surface area (Å²) < 4.78 is -0.001000. The molecule has 1 atom stereocenters. The Morgan fingerprint density at radius 1 is 1.43 bits per heavy atom. The first kappa shape index (κ1) is 17.8. The van der Waals surface area contributed by atoms with Crippen LogP contribution in [0.25, 0.3) is 0 Å². The lowest BCUT2D eigenvalue weighted by Gasteiger charge is -2.30. The van der Waals surface area contributed by atoms with E-state index in [-0.39, 0.29) is 4.75 Å². The van der Waals surface area contributed by atoms with E-state index in [1.54, 1.807) is 29.3 Å². The highest BCUT2D eigenvalue weighted by Gasteiger charge is 2.27.